The number of hydrogen-bond donors (Lipinski definition) is 2. The molecule has 0 bridgehead atoms. The van der Waals surface area contributed by atoms with Gasteiger partial charge in [0.1, 0.15) is 5.75 Å². The first-order valence-electron chi connectivity index (χ1n) is 6.57. The highest BCUT2D eigenvalue weighted by Crippen LogP contribution is 2.34. The average molecular weight is 287 g/mol. The Morgan fingerprint density at radius 2 is 1.95 bits per heavy atom. The molecule has 0 fully saturated rings. The van der Waals surface area contributed by atoms with E-state index in [9.17, 15) is 9.59 Å². The SMILES string of the molecule is COc1ccc2ccccc2c1C(CC(=O)O)NC(C)=O. The number of carboxylic acids is 1. The molecule has 0 aliphatic heterocycles. The van der Waals surface area contributed by atoms with Crippen LogP contribution < -0.4 is 10.1 Å². The molecule has 0 radical (unpaired) electrons. The monoisotopic (exact) mass is 287 g/mol. The van der Waals surface area contributed by atoms with Crippen molar-refractivity contribution < 1.29 is 19.4 Å². The van der Waals surface area contributed by atoms with Crippen molar-refractivity contribution in [2.24, 2.45) is 0 Å². The van der Waals surface area contributed by atoms with E-state index in [0.29, 0.717) is 11.3 Å². The Bertz CT molecular complexity index is 665. The molecule has 0 heterocycles. The Hall–Kier alpha value is -2.56. The van der Waals surface area contributed by atoms with Crippen LogP contribution in [0.15, 0.2) is 36.4 Å². The van der Waals surface area contributed by atoms with Crippen LogP contribution in [0.25, 0.3) is 10.8 Å². The molecule has 2 aromatic rings. The summed E-state index contributed by atoms with van der Waals surface area (Å²) in [5, 5.41) is 13.6. The van der Waals surface area contributed by atoms with E-state index in [1.165, 1.54) is 14.0 Å². The lowest BCUT2D eigenvalue weighted by Gasteiger charge is -2.21. The van der Waals surface area contributed by atoms with Crippen LogP contribution in [0.3, 0.4) is 0 Å². The molecule has 21 heavy (non-hydrogen) atoms. The maximum Gasteiger partial charge on any atom is 0.305 e. The molecule has 5 heteroatoms. The third kappa shape index (κ3) is 3.31. The number of benzene rings is 2. The van der Waals surface area contributed by atoms with Crippen molar-refractivity contribution in [3.8, 4) is 5.75 Å². The first-order chi connectivity index (χ1) is 10.0. The van der Waals surface area contributed by atoms with Gasteiger partial charge in [-0.05, 0) is 16.8 Å². The van der Waals surface area contributed by atoms with E-state index in [1.54, 1.807) is 6.07 Å². The number of hydrogen-bond acceptors (Lipinski definition) is 3. The van der Waals surface area contributed by atoms with Crippen LogP contribution in [0.5, 0.6) is 5.75 Å². The number of fused-ring (bicyclic) bond motifs is 1. The van der Waals surface area contributed by atoms with Crippen molar-refractivity contribution in [1.82, 2.24) is 5.32 Å². The molecule has 0 aromatic heterocycles. The summed E-state index contributed by atoms with van der Waals surface area (Å²) >= 11 is 0. The van der Waals surface area contributed by atoms with Gasteiger partial charge in [0, 0.05) is 12.5 Å². The number of ether oxygens (including phenoxy) is 1. The standard InChI is InChI=1S/C16H17NO4/c1-10(18)17-13(9-15(19)20)16-12-6-4-3-5-11(12)7-8-14(16)21-2/h3-8,13H,9H2,1-2H3,(H,17,18)(H,19,20). The second-order valence-electron chi connectivity index (χ2n) is 4.75. The smallest absolute Gasteiger partial charge is 0.305 e. The molecule has 2 N–H and O–H groups in total. The zero-order valence-electron chi connectivity index (χ0n) is 11.9. The van der Waals surface area contributed by atoms with E-state index in [0.717, 1.165) is 10.8 Å². The predicted molar refractivity (Wildman–Crippen MR) is 79.3 cm³/mol. The lowest BCUT2D eigenvalue weighted by molar-refractivity contribution is -0.137. The topological polar surface area (TPSA) is 75.6 Å². The quantitative estimate of drug-likeness (QED) is 0.886. The molecule has 2 aromatic carbocycles. The maximum absolute atomic E-state index is 11.4. The maximum atomic E-state index is 11.4. The largest absolute Gasteiger partial charge is 0.496 e. The molecule has 0 saturated heterocycles. The number of amides is 1. The van der Waals surface area contributed by atoms with Crippen molar-refractivity contribution in [1.29, 1.82) is 0 Å². The highest BCUT2D eigenvalue weighted by molar-refractivity contribution is 5.89. The predicted octanol–water partition coefficient (Wildman–Crippen LogP) is 2.50. The molecule has 0 aliphatic carbocycles. The molecule has 0 saturated carbocycles. The van der Waals surface area contributed by atoms with Crippen LogP contribution in [0.1, 0.15) is 24.9 Å². The van der Waals surface area contributed by atoms with Gasteiger partial charge in [-0.1, -0.05) is 30.3 Å². The van der Waals surface area contributed by atoms with E-state index < -0.39 is 12.0 Å². The zero-order valence-corrected chi connectivity index (χ0v) is 11.9. The first kappa shape index (κ1) is 14.8. The van der Waals surface area contributed by atoms with Gasteiger partial charge in [0.05, 0.1) is 19.6 Å². The van der Waals surface area contributed by atoms with E-state index in [4.69, 9.17) is 9.84 Å². The van der Waals surface area contributed by atoms with Crippen LogP contribution >= 0.6 is 0 Å². The summed E-state index contributed by atoms with van der Waals surface area (Å²) in [6.07, 6.45) is -0.204. The minimum atomic E-state index is -0.983. The number of rotatable bonds is 5. The van der Waals surface area contributed by atoms with Gasteiger partial charge >= 0.3 is 5.97 Å². The fraction of sp³-hybridized carbons (Fsp3) is 0.250. The third-order valence-corrected chi connectivity index (χ3v) is 3.26. The lowest BCUT2D eigenvalue weighted by atomic mass is 9.95. The molecule has 2 rings (SSSR count). The Balaban J connectivity index is 2.63. The molecular formula is C16H17NO4. The van der Waals surface area contributed by atoms with E-state index >= 15 is 0 Å². The summed E-state index contributed by atoms with van der Waals surface area (Å²) in [6.45, 7) is 1.37. The second kappa shape index (κ2) is 6.26. The van der Waals surface area contributed by atoms with E-state index in [1.807, 2.05) is 30.3 Å². The summed E-state index contributed by atoms with van der Waals surface area (Å²) in [5.41, 5.74) is 0.688. The molecule has 5 nitrogen and oxygen atoms in total. The van der Waals surface area contributed by atoms with Gasteiger partial charge in [0.15, 0.2) is 0 Å². The second-order valence-corrected chi connectivity index (χ2v) is 4.75. The summed E-state index contributed by atoms with van der Waals surface area (Å²) in [4.78, 5) is 22.5. The van der Waals surface area contributed by atoms with Gasteiger partial charge in [-0.3, -0.25) is 9.59 Å². The summed E-state index contributed by atoms with van der Waals surface area (Å²) in [6, 6.07) is 10.7. The normalized spacial score (nSPS) is 11.9. The van der Waals surface area contributed by atoms with Crippen LogP contribution in [0.2, 0.25) is 0 Å². The van der Waals surface area contributed by atoms with Gasteiger partial charge in [-0.25, -0.2) is 0 Å². The minimum absolute atomic E-state index is 0.204. The summed E-state index contributed by atoms with van der Waals surface area (Å²) in [5.74, 6) is -0.700. The fourth-order valence-corrected chi connectivity index (χ4v) is 2.46. The number of carbonyl (C=O) groups is 2. The van der Waals surface area contributed by atoms with Crippen LogP contribution in [0, 0.1) is 0 Å². The molecule has 1 unspecified atom stereocenters. The highest BCUT2D eigenvalue weighted by Gasteiger charge is 2.22. The molecule has 0 spiro atoms. The lowest BCUT2D eigenvalue weighted by Crippen LogP contribution is -2.28. The molecule has 0 aliphatic rings. The van der Waals surface area contributed by atoms with Gasteiger partial charge < -0.3 is 15.2 Å². The number of nitrogens with one attached hydrogen (secondary N) is 1. The van der Waals surface area contributed by atoms with Crippen LogP contribution in [0.4, 0.5) is 0 Å². The number of aliphatic carboxylic acids is 1. The van der Waals surface area contributed by atoms with Gasteiger partial charge in [0.2, 0.25) is 5.91 Å². The highest BCUT2D eigenvalue weighted by atomic mass is 16.5. The van der Waals surface area contributed by atoms with Crippen molar-refractivity contribution in [2.45, 2.75) is 19.4 Å². The fourth-order valence-electron chi connectivity index (χ4n) is 2.46. The number of carboxylic acid groups (broad SMARTS) is 1. The Morgan fingerprint density at radius 3 is 2.57 bits per heavy atom. The molecule has 1 amide bonds. The first-order valence-corrected chi connectivity index (χ1v) is 6.57. The molecular weight excluding hydrogens is 270 g/mol. The summed E-state index contributed by atoms with van der Waals surface area (Å²) in [7, 11) is 1.53. The van der Waals surface area contributed by atoms with Crippen LogP contribution in [-0.4, -0.2) is 24.1 Å². The molecule has 1 atom stereocenters. The molecule has 110 valence electrons. The Kier molecular flexibility index (Phi) is 4.42. The Morgan fingerprint density at radius 1 is 1.24 bits per heavy atom. The van der Waals surface area contributed by atoms with Gasteiger partial charge in [-0.15, -0.1) is 0 Å². The van der Waals surface area contributed by atoms with Gasteiger partial charge in [0.25, 0.3) is 0 Å². The summed E-state index contributed by atoms with van der Waals surface area (Å²) < 4.78 is 5.35. The van der Waals surface area contributed by atoms with Crippen molar-refractivity contribution in [2.75, 3.05) is 7.11 Å². The number of methoxy groups -OCH3 is 1. The number of carbonyl (C=O) groups excluding carboxylic acids is 1. The van der Waals surface area contributed by atoms with Crippen molar-refractivity contribution in [3.63, 3.8) is 0 Å². The van der Waals surface area contributed by atoms with Crippen molar-refractivity contribution in [3.05, 3.63) is 42.0 Å². The zero-order chi connectivity index (χ0) is 15.4. The third-order valence-electron chi connectivity index (χ3n) is 3.26. The van der Waals surface area contributed by atoms with E-state index in [2.05, 4.69) is 5.32 Å². The Labute approximate surface area is 122 Å². The van der Waals surface area contributed by atoms with Crippen LogP contribution in [-0.2, 0) is 9.59 Å². The van der Waals surface area contributed by atoms with E-state index in [-0.39, 0.29) is 12.3 Å². The van der Waals surface area contributed by atoms with Gasteiger partial charge in [-0.2, -0.15) is 0 Å². The average Bonchev–Trinajstić information content (AvgIpc) is 2.44. The minimum Gasteiger partial charge on any atom is -0.496 e. The van der Waals surface area contributed by atoms with Crippen molar-refractivity contribution >= 4 is 22.6 Å².